The van der Waals surface area contributed by atoms with Gasteiger partial charge in [0.05, 0.1) is 13.7 Å². The van der Waals surface area contributed by atoms with Gasteiger partial charge < -0.3 is 19.5 Å². The van der Waals surface area contributed by atoms with Crippen LogP contribution in [0.4, 0.5) is 4.39 Å². The van der Waals surface area contributed by atoms with Gasteiger partial charge in [0.1, 0.15) is 11.6 Å². The summed E-state index contributed by atoms with van der Waals surface area (Å²) in [6.07, 6.45) is 0. The third kappa shape index (κ3) is 6.32. The quantitative estimate of drug-likeness (QED) is 0.384. The number of carbonyl (C=O) groups is 2. The molecule has 4 rings (SSSR count). The van der Waals surface area contributed by atoms with E-state index in [0.29, 0.717) is 23.6 Å². The summed E-state index contributed by atoms with van der Waals surface area (Å²) >= 11 is 0. The van der Waals surface area contributed by atoms with E-state index < -0.39 is 5.91 Å². The molecule has 8 heteroatoms. The van der Waals surface area contributed by atoms with E-state index in [2.05, 4.69) is 10.5 Å². The first kappa shape index (κ1) is 23.7. The average Bonchev–Trinajstić information content (AvgIpc) is 3.37. The highest BCUT2D eigenvalue weighted by Gasteiger charge is 2.21. The molecule has 0 bridgehead atoms. The Hall–Kier alpha value is -4.46. The highest BCUT2D eigenvalue weighted by Crippen LogP contribution is 2.18. The summed E-state index contributed by atoms with van der Waals surface area (Å²) in [7, 11) is 1.54. The molecule has 0 fully saturated rings. The van der Waals surface area contributed by atoms with Crippen LogP contribution in [0.3, 0.4) is 0 Å². The van der Waals surface area contributed by atoms with Gasteiger partial charge in [-0.15, -0.1) is 0 Å². The molecule has 0 spiro atoms. The maximum absolute atomic E-state index is 13.3. The lowest BCUT2D eigenvalue weighted by Crippen LogP contribution is -2.30. The minimum Gasteiger partial charge on any atom is -0.497 e. The fraction of sp³-hybridized carbons (Fsp3) is 0.148. The molecule has 0 saturated heterocycles. The van der Waals surface area contributed by atoms with Gasteiger partial charge in [-0.1, -0.05) is 53.7 Å². The predicted molar refractivity (Wildman–Crippen MR) is 127 cm³/mol. The molecule has 2 amide bonds. The number of benzene rings is 3. The monoisotopic (exact) mass is 473 g/mol. The second kappa shape index (κ2) is 11.1. The van der Waals surface area contributed by atoms with Gasteiger partial charge in [-0.3, -0.25) is 9.59 Å². The Kier molecular flexibility index (Phi) is 7.52. The van der Waals surface area contributed by atoms with Crippen LogP contribution in [0.5, 0.6) is 5.75 Å². The molecular weight excluding hydrogens is 449 g/mol. The van der Waals surface area contributed by atoms with Crippen molar-refractivity contribution in [3.8, 4) is 5.75 Å². The van der Waals surface area contributed by atoms with Crippen molar-refractivity contribution in [1.29, 1.82) is 0 Å². The van der Waals surface area contributed by atoms with Crippen molar-refractivity contribution in [3.05, 3.63) is 119 Å². The number of hydrogen-bond acceptors (Lipinski definition) is 5. The lowest BCUT2D eigenvalue weighted by molar-refractivity contribution is 0.0712. The number of amides is 2. The highest BCUT2D eigenvalue weighted by atomic mass is 19.1. The molecule has 1 aromatic heterocycles. The molecule has 0 saturated carbocycles. The molecule has 0 radical (unpaired) electrons. The molecule has 0 aliphatic carbocycles. The van der Waals surface area contributed by atoms with Crippen molar-refractivity contribution in [1.82, 2.24) is 15.4 Å². The van der Waals surface area contributed by atoms with E-state index in [0.717, 1.165) is 11.1 Å². The van der Waals surface area contributed by atoms with Crippen molar-refractivity contribution in [3.63, 3.8) is 0 Å². The number of halogens is 1. The van der Waals surface area contributed by atoms with Gasteiger partial charge >= 0.3 is 0 Å². The van der Waals surface area contributed by atoms with Crippen LogP contribution in [0.25, 0.3) is 0 Å². The third-order valence-electron chi connectivity index (χ3n) is 5.32. The molecule has 0 aliphatic heterocycles. The van der Waals surface area contributed by atoms with Crippen LogP contribution >= 0.6 is 0 Å². The maximum Gasteiger partial charge on any atom is 0.273 e. The zero-order chi connectivity index (χ0) is 24.6. The van der Waals surface area contributed by atoms with E-state index in [1.54, 1.807) is 48.4 Å². The second-order valence-corrected chi connectivity index (χ2v) is 7.87. The van der Waals surface area contributed by atoms with Crippen LogP contribution in [-0.2, 0) is 19.6 Å². The first-order valence-electron chi connectivity index (χ1n) is 11.0. The molecule has 0 atom stereocenters. The van der Waals surface area contributed by atoms with Gasteiger partial charge in [0.15, 0.2) is 11.5 Å². The zero-order valence-corrected chi connectivity index (χ0v) is 19.1. The summed E-state index contributed by atoms with van der Waals surface area (Å²) in [6, 6.07) is 23.9. The first-order chi connectivity index (χ1) is 17.0. The predicted octanol–water partition coefficient (Wildman–Crippen LogP) is 4.59. The number of rotatable bonds is 9. The molecule has 35 heavy (non-hydrogen) atoms. The topological polar surface area (TPSA) is 84.7 Å². The molecular formula is C27H24FN3O4. The minimum absolute atomic E-state index is 0.0932. The van der Waals surface area contributed by atoms with Crippen LogP contribution in [0, 0.1) is 5.82 Å². The second-order valence-electron chi connectivity index (χ2n) is 7.87. The molecule has 3 aromatic carbocycles. The Morgan fingerprint density at radius 3 is 2.46 bits per heavy atom. The van der Waals surface area contributed by atoms with E-state index in [1.807, 2.05) is 30.3 Å². The summed E-state index contributed by atoms with van der Waals surface area (Å²) in [5.41, 5.74) is 2.26. The number of ether oxygens (including phenoxy) is 1. The molecule has 1 heterocycles. The van der Waals surface area contributed by atoms with Crippen LogP contribution in [0.1, 0.15) is 37.7 Å². The molecule has 1 N–H and O–H groups in total. The van der Waals surface area contributed by atoms with Crippen molar-refractivity contribution in [2.24, 2.45) is 0 Å². The Balaban J connectivity index is 1.48. The van der Waals surface area contributed by atoms with Crippen LogP contribution in [-0.4, -0.2) is 29.0 Å². The summed E-state index contributed by atoms with van der Waals surface area (Å²) in [5, 5.41) is 6.58. The van der Waals surface area contributed by atoms with Gasteiger partial charge in [0.2, 0.25) is 0 Å². The molecule has 7 nitrogen and oxygen atoms in total. The van der Waals surface area contributed by atoms with E-state index in [1.165, 1.54) is 18.2 Å². The van der Waals surface area contributed by atoms with Crippen LogP contribution < -0.4 is 10.1 Å². The average molecular weight is 474 g/mol. The normalized spacial score (nSPS) is 10.6. The van der Waals surface area contributed by atoms with Gasteiger partial charge in [-0.25, -0.2) is 4.39 Å². The van der Waals surface area contributed by atoms with Crippen LogP contribution in [0.2, 0.25) is 0 Å². The Bertz CT molecular complexity index is 1290. The fourth-order valence-corrected chi connectivity index (χ4v) is 3.50. The van der Waals surface area contributed by atoms with E-state index in [4.69, 9.17) is 9.26 Å². The number of nitrogens with one attached hydrogen (secondary N) is 1. The van der Waals surface area contributed by atoms with Crippen molar-refractivity contribution < 1.29 is 23.2 Å². The molecule has 0 aliphatic rings. The van der Waals surface area contributed by atoms with Gasteiger partial charge in [-0.2, -0.15) is 0 Å². The number of carbonyl (C=O) groups excluding carboxylic acids is 2. The van der Waals surface area contributed by atoms with Crippen molar-refractivity contribution >= 4 is 11.8 Å². The number of aromatic nitrogens is 1. The lowest BCUT2D eigenvalue weighted by Gasteiger charge is -2.22. The summed E-state index contributed by atoms with van der Waals surface area (Å²) in [4.78, 5) is 27.5. The van der Waals surface area contributed by atoms with E-state index in [9.17, 15) is 14.0 Å². The Labute approximate surface area is 202 Å². The smallest absolute Gasteiger partial charge is 0.273 e. The zero-order valence-electron chi connectivity index (χ0n) is 19.1. The standard InChI is InChI=1S/C27H24FN3O4/c1-34-23-9-5-8-21(14-23)27(33)31(17-20-6-3-2-4-7-20)18-24-15-25(30-35-24)26(32)29-16-19-10-12-22(28)13-11-19/h2-15H,16-18H2,1H3,(H,29,32). The highest BCUT2D eigenvalue weighted by molar-refractivity contribution is 5.94. The number of hydrogen-bond donors (Lipinski definition) is 1. The van der Waals surface area contributed by atoms with Gasteiger partial charge in [0.25, 0.3) is 11.8 Å². The Morgan fingerprint density at radius 1 is 0.943 bits per heavy atom. The van der Waals surface area contributed by atoms with Gasteiger partial charge in [0, 0.05) is 24.7 Å². The fourth-order valence-electron chi connectivity index (χ4n) is 3.50. The molecule has 0 unspecified atom stereocenters. The first-order valence-corrected chi connectivity index (χ1v) is 11.0. The Morgan fingerprint density at radius 2 is 1.71 bits per heavy atom. The van der Waals surface area contributed by atoms with Gasteiger partial charge in [-0.05, 0) is 41.5 Å². The van der Waals surface area contributed by atoms with Crippen molar-refractivity contribution in [2.75, 3.05) is 7.11 Å². The number of methoxy groups -OCH3 is 1. The number of nitrogens with zero attached hydrogens (tertiary/aromatic N) is 2. The third-order valence-corrected chi connectivity index (χ3v) is 5.32. The summed E-state index contributed by atoms with van der Waals surface area (Å²) in [5.74, 6) is -0.0475. The largest absolute Gasteiger partial charge is 0.497 e. The summed E-state index contributed by atoms with van der Waals surface area (Å²) in [6.45, 7) is 0.669. The molecule has 4 aromatic rings. The van der Waals surface area contributed by atoms with E-state index in [-0.39, 0.29) is 30.5 Å². The van der Waals surface area contributed by atoms with E-state index >= 15 is 0 Å². The maximum atomic E-state index is 13.3. The molecule has 178 valence electrons. The van der Waals surface area contributed by atoms with Crippen molar-refractivity contribution in [2.45, 2.75) is 19.6 Å². The SMILES string of the molecule is COc1cccc(C(=O)N(Cc2ccccc2)Cc2cc(C(=O)NCc3ccc(F)cc3)no2)c1. The minimum atomic E-state index is -0.432. The summed E-state index contributed by atoms with van der Waals surface area (Å²) < 4.78 is 23.7. The van der Waals surface area contributed by atoms with Crippen LogP contribution in [0.15, 0.2) is 89.5 Å². The lowest BCUT2D eigenvalue weighted by atomic mass is 10.1.